The van der Waals surface area contributed by atoms with E-state index < -0.39 is 15.1 Å². The van der Waals surface area contributed by atoms with Crippen molar-refractivity contribution < 1.29 is 17.9 Å². The predicted octanol–water partition coefficient (Wildman–Crippen LogP) is 2.02. The van der Waals surface area contributed by atoms with Crippen LogP contribution in [0.4, 0.5) is 0 Å². The van der Waals surface area contributed by atoms with E-state index in [1.807, 2.05) is 0 Å². The molecule has 0 N–H and O–H groups in total. The Bertz CT molecular complexity index is 642. The standard InChI is InChI=1S/C13H15Cl2NO4S/c1-2-21(18,19)10-6-16(7-10)13(17)8-20-12-4-3-9(14)5-11(12)15/h3-5,10H,2,6-8H2,1H3. The zero-order chi connectivity index (χ0) is 15.6. The number of amides is 1. The maximum absolute atomic E-state index is 11.9. The van der Waals surface area contributed by atoms with Gasteiger partial charge in [0.1, 0.15) is 5.75 Å². The molecule has 8 heteroatoms. The maximum atomic E-state index is 11.9. The third kappa shape index (κ3) is 3.81. The van der Waals surface area contributed by atoms with E-state index in [0.29, 0.717) is 15.8 Å². The molecule has 5 nitrogen and oxygen atoms in total. The minimum absolute atomic E-state index is 0.0938. The van der Waals surface area contributed by atoms with Crippen molar-refractivity contribution in [3.05, 3.63) is 28.2 Å². The van der Waals surface area contributed by atoms with Crippen molar-refractivity contribution in [2.75, 3.05) is 25.4 Å². The zero-order valence-electron chi connectivity index (χ0n) is 11.4. The second-order valence-electron chi connectivity index (χ2n) is 4.74. The summed E-state index contributed by atoms with van der Waals surface area (Å²) in [7, 11) is -3.08. The van der Waals surface area contributed by atoms with Crippen molar-refractivity contribution in [2.45, 2.75) is 12.2 Å². The van der Waals surface area contributed by atoms with Gasteiger partial charge in [-0.2, -0.15) is 0 Å². The van der Waals surface area contributed by atoms with Gasteiger partial charge < -0.3 is 9.64 Å². The molecule has 1 aromatic carbocycles. The van der Waals surface area contributed by atoms with Crippen LogP contribution in [0.1, 0.15) is 6.92 Å². The number of benzene rings is 1. The van der Waals surface area contributed by atoms with Crippen LogP contribution in [-0.2, 0) is 14.6 Å². The number of likely N-dealkylation sites (tertiary alicyclic amines) is 1. The summed E-state index contributed by atoms with van der Waals surface area (Å²) in [6.07, 6.45) is 0. The topological polar surface area (TPSA) is 63.7 Å². The van der Waals surface area contributed by atoms with Crippen LogP contribution in [0.2, 0.25) is 10.0 Å². The molecule has 0 spiro atoms. The molecule has 1 aliphatic heterocycles. The second kappa shape index (κ2) is 6.42. The first-order valence-electron chi connectivity index (χ1n) is 6.40. The van der Waals surface area contributed by atoms with Gasteiger partial charge in [0, 0.05) is 23.9 Å². The van der Waals surface area contributed by atoms with Crippen molar-refractivity contribution >= 4 is 38.9 Å². The van der Waals surface area contributed by atoms with Gasteiger partial charge in [-0.25, -0.2) is 8.42 Å². The number of halogens is 2. The predicted molar refractivity (Wildman–Crippen MR) is 81.8 cm³/mol. The highest BCUT2D eigenvalue weighted by atomic mass is 35.5. The lowest BCUT2D eigenvalue weighted by Crippen LogP contribution is -2.58. The van der Waals surface area contributed by atoms with E-state index in [1.54, 1.807) is 19.1 Å². The number of hydrogen-bond acceptors (Lipinski definition) is 4. The average molecular weight is 352 g/mol. The van der Waals surface area contributed by atoms with Crippen LogP contribution >= 0.6 is 23.2 Å². The van der Waals surface area contributed by atoms with Crippen molar-refractivity contribution in [3.63, 3.8) is 0 Å². The molecule has 0 saturated carbocycles. The molecule has 0 aliphatic carbocycles. The molecule has 1 saturated heterocycles. The fraction of sp³-hybridized carbons (Fsp3) is 0.462. The summed E-state index contributed by atoms with van der Waals surface area (Å²) in [5, 5.41) is 0.352. The third-order valence-corrected chi connectivity index (χ3v) is 6.01. The highest BCUT2D eigenvalue weighted by molar-refractivity contribution is 7.92. The van der Waals surface area contributed by atoms with Gasteiger partial charge in [-0.1, -0.05) is 30.1 Å². The highest BCUT2D eigenvalue weighted by Crippen LogP contribution is 2.27. The molecule has 1 heterocycles. The van der Waals surface area contributed by atoms with Gasteiger partial charge >= 0.3 is 0 Å². The average Bonchev–Trinajstić information content (AvgIpc) is 2.35. The summed E-state index contributed by atoms with van der Waals surface area (Å²) in [6, 6.07) is 4.72. The Labute approximate surface area is 133 Å². The van der Waals surface area contributed by atoms with Gasteiger partial charge in [-0.15, -0.1) is 0 Å². The molecule has 0 bridgehead atoms. The molecule has 0 unspecified atom stereocenters. The Hall–Kier alpha value is -0.980. The first kappa shape index (κ1) is 16.4. The Morgan fingerprint density at radius 1 is 1.38 bits per heavy atom. The van der Waals surface area contributed by atoms with Gasteiger partial charge in [-0.3, -0.25) is 4.79 Å². The quantitative estimate of drug-likeness (QED) is 0.813. The Morgan fingerprint density at radius 3 is 2.62 bits per heavy atom. The van der Waals surface area contributed by atoms with Gasteiger partial charge in [0.05, 0.1) is 10.3 Å². The molecule has 116 valence electrons. The number of carbonyl (C=O) groups excluding carboxylic acids is 1. The maximum Gasteiger partial charge on any atom is 0.260 e. The summed E-state index contributed by atoms with van der Waals surface area (Å²) >= 11 is 11.7. The van der Waals surface area contributed by atoms with E-state index in [9.17, 15) is 13.2 Å². The number of rotatable bonds is 5. The minimum atomic E-state index is -3.08. The normalized spacial score (nSPS) is 15.7. The van der Waals surface area contributed by atoms with E-state index in [-0.39, 0.29) is 31.4 Å². The van der Waals surface area contributed by atoms with Crippen molar-refractivity contribution in [2.24, 2.45) is 0 Å². The number of carbonyl (C=O) groups is 1. The summed E-state index contributed by atoms with van der Waals surface area (Å²) in [6.45, 7) is 1.88. The molecular formula is C13H15Cl2NO4S. The smallest absolute Gasteiger partial charge is 0.260 e. The van der Waals surface area contributed by atoms with Crippen LogP contribution < -0.4 is 4.74 Å². The number of nitrogens with zero attached hydrogens (tertiary/aromatic N) is 1. The minimum Gasteiger partial charge on any atom is -0.482 e. The van der Waals surface area contributed by atoms with Crippen LogP contribution in [0, 0.1) is 0 Å². The Morgan fingerprint density at radius 2 is 2.05 bits per heavy atom. The monoisotopic (exact) mass is 351 g/mol. The molecular weight excluding hydrogens is 337 g/mol. The molecule has 0 aromatic heterocycles. The van der Waals surface area contributed by atoms with E-state index in [4.69, 9.17) is 27.9 Å². The summed E-state index contributed by atoms with van der Waals surface area (Å²) in [5.74, 6) is 0.201. The van der Waals surface area contributed by atoms with Crippen LogP contribution in [0.5, 0.6) is 5.75 Å². The fourth-order valence-corrected chi connectivity index (χ4v) is 3.68. The first-order valence-corrected chi connectivity index (χ1v) is 8.88. The lowest BCUT2D eigenvalue weighted by atomic mass is 10.2. The van der Waals surface area contributed by atoms with Crippen LogP contribution in [0.15, 0.2) is 18.2 Å². The molecule has 1 fully saturated rings. The molecule has 1 aliphatic rings. The molecule has 21 heavy (non-hydrogen) atoms. The summed E-state index contributed by atoms with van der Waals surface area (Å²) in [4.78, 5) is 13.3. The Kier molecular flexibility index (Phi) is 5.01. The first-order chi connectivity index (χ1) is 9.83. The SMILES string of the molecule is CCS(=O)(=O)C1CN(C(=O)COc2ccc(Cl)cc2Cl)C1. The third-order valence-electron chi connectivity index (χ3n) is 3.36. The number of hydrogen-bond donors (Lipinski definition) is 0. The van der Waals surface area contributed by atoms with Crippen LogP contribution in [0.3, 0.4) is 0 Å². The number of sulfone groups is 1. The molecule has 2 rings (SSSR count). The molecule has 1 aromatic rings. The summed E-state index contributed by atoms with van der Waals surface area (Å²) in [5.41, 5.74) is 0. The van der Waals surface area contributed by atoms with Crippen molar-refractivity contribution in [1.29, 1.82) is 0 Å². The van der Waals surface area contributed by atoms with E-state index >= 15 is 0 Å². The largest absolute Gasteiger partial charge is 0.482 e. The lowest BCUT2D eigenvalue weighted by Gasteiger charge is -2.38. The van der Waals surface area contributed by atoms with E-state index in [2.05, 4.69) is 0 Å². The highest BCUT2D eigenvalue weighted by Gasteiger charge is 2.38. The van der Waals surface area contributed by atoms with E-state index in [0.717, 1.165) is 0 Å². The molecule has 1 amide bonds. The van der Waals surface area contributed by atoms with Gasteiger partial charge in [-0.05, 0) is 18.2 Å². The fourth-order valence-electron chi connectivity index (χ4n) is 1.93. The second-order valence-corrected chi connectivity index (χ2v) is 8.15. The van der Waals surface area contributed by atoms with E-state index in [1.165, 1.54) is 11.0 Å². The molecule has 0 radical (unpaired) electrons. The van der Waals surface area contributed by atoms with Gasteiger partial charge in [0.15, 0.2) is 16.4 Å². The van der Waals surface area contributed by atoms with Crippen LogP contribution in [0.25, 0.3) is 0 Å². The Balaban J connectivity index is 1.84. The van der Waals surface area contributed by atoms with Crippen molar-refractivity contribution in [3.8, 4) is 5.75 Å². The molecule has 0 atom stereocenters. The summed E-state index contributed by atoms with van der Waals surface area (Å²) < 4.78 is 28.5. The number of ether oxygens (including phenoxy) is 1. The van der Waals surface area contributed by atoms with Gasteiger partial charge in [0.25, 0.3) is 5.91 Å². The zero-order valence-corrected chi connectivity index (χ0v) is 13.7. The lowest BCUT2D eigenvalue weighted by molar-refractivity contribution is -0.136. The van der Waals surface area contributed by atoms with Crippen LogP contribution in [-0.4, -0.2) is 49.9 Å². The van der Waals surface area contributed by atoms with Gasteiger partial charge in [0.2, 0.25) is 0 Å². The van der Waals surface area contributed by atoms with Crippen molar-refractivity contribution in [1.82, 2.24) is 4.90 Å².